The summed E-state index contributed by atoms with van der Waals surface area (Å²) in [5, 5.41) is 9.11. The summed E-state index contributed by atoms with van der Waals surface area (Å²) in [7, 11) is 0. The molecule has 8 nitrogen and oxygen atoms in total. The third-order valence-corrected chi connectivity index (χ3v) is 6.56. The summed E-state index contributed by atoms with van der Waals surface area (Å²) in [5.41, 5.74) is 5.61. The van der Waals surface area contributed by atoms with Gasteiger partial charge in [0.15, 0.2) is 0 Å². The number of nitrogens with two attached hydrogens (primary N) is 2. The number of hydrogen-bond acceptors (Lipinski definition) is 8. The molecule has 3 amide bonds. The zero-order valence-electron chi connectivity index (χ0n) is 15.8. The summed E-state index contributed by atoms with van der Waals surface area (Å²) < 4.78 is 0.402. The monoisotopic (exact) mass is 498 g/mol. The fourth-order valence-electron chi connectivity index (χ4n) is 3.38. The molecule has 11 heteroatoms. The summed E-state index contributed by atoms with van der Waals surface area (Å²) in [4.78, 5) is 38.4. The minimum absolute atomic E-state index is 0. The highest BCUT2D eigenvalue weighted by Crippen LogP contribution is 2.42. The van der Waals surface area contributed by atoms with E-state index in [1.54, 1.807) is 0 Å². The maximum atomic E-state index is 12.9. The Morgan fingerprint density at radius 1 is 1.39 bits per heavy atom. The quantitative estimate of drug-likeness (QED) is 0.474. The van der Waals surface area contributed by atoms with Crippen LogP contribution in [-0.4, -0.2) is 43.8 Å². The number of carbonyl (C=O) groups excluding carboxylic acids is 3. The maximum Gasteiger partial charge on any atom is 0.302 e. The summed E-state index contributed by atoms with van der Waals surface area (Å²) in [5.74, 6) is 3.64. The van der Waals surface area contributed by atoms with Gasteiger partial charge in [0.1, 0.15) is 0 Å². The Morgan fingerprint density at radius 2 is 2.00 bits per heavy atom. The van der Waals surface area contributed by atoms with Crippen molar-refractivity contribution in [1.29, 1.82) is 0 Å². The van der Waals surface area contributed by atoms with E-state index in [0.29, 0.717) is 32.8 Å². The van der Waals surface area contributed by atoms with E-state index in [1.165, 1.54) is 32.4 Å². The molecule has 0 radical (unpaired) electrons. The molecule has 0 aromatic rings. The van der Waals surface area contributed by atoms with Crippen molar-refractivity contribution < 1.29 is 19.5 Å². The van der Waals surface area contributed by atoms with Crippen LogP contribution < -0.4 is 11.6 Å². The lowest BCUT2D eigenvalue weighted by molar-refractivity contribution is -0.166. The molecule has 5 N–H and O–H groups in total. The molecule has 1 fully saturated rings. The molecule has 2 aliphatic rings. The van der Waals surface area contributed by atoms with Crippen LogP contribution in [0.1, 0.15) is 58.3 Å². The fourth-order valence-corrected chi connectivity index (χ4v) is 5.05. The average molecular weight is 500 g/mol. The van der Waals surface area contributed by atoms with E-state index in [2.05, 4.69) is 15.9 Å². The molecule has 2 rings (SSSR count). The highest BCUT2D eigenvalue weighted by atomic mass is 79.9. The third kappa shape index (κ3) is 5.93. The van der Waals surface area contributed by atoms with E-state index < -0.39 is 28.8 Å². The SMILES string of the molecule is C[C@H](N)C(=O)N(C(=O)CCCC1CCCCC1)C(=O)C1(O)SC(Br)=CN1N.Cl. The number of rotatable bonds is 6. The van der Waals surface area contributed by atoms with Crippen molar-refractivity contribution in [2.24, 2.45) is 17.5 Å². The van der Waals surface area contributed by atoms with Crippen molar-refractivity contribution in [3.63, 3.8) is 0 Å². The Hall–Kier alpha value is -0.650. The van der Waals surface area contributed by atoms with Crippen LogP contribution in [0.25, 0.3) is 0 Å². The number of nitrogens with zero attached hydrogens (tertiary/aromatic N) is 2. The zero-order chi connectivity index (χ0) is 20.2. The molecule has 0 bridgehead atoms. The number of hydrazine groups is 1. The van der Waals surface area contributed by atoms with Crippen LogP contribution >= 0.6 is 40.1 Å². The Morgan fingerprint density at radius 3 is 2.50 bits per heavy atom. The van der Waals surface area contributed by atoms with Crippen LogP contribution in [0.2, 0.25) is 0 Å². The largest absolute Gasteiger partial charge is 0.354 e. The molecule has 2 atom stereocenters. The minimum atomic E-state index is -2.28. The normalized spacial score (nSPS) is 23.6. The summed E-state index contributed by atoms with van der Waals surface area (Å²) in [6.45, 7) is 1.39. The number of hydrogen-bond donors (Lipinski definition) is 3. The molecule has 1 aliphatic carbocycles. The third-order valence-electron chi connectivity index (χ3n) is 4.90. The van der Waals surface area contributed by atoms with Gasteiger partial charge in [-0.2, -0.15) is 0 Å². The van der Waals surface area contributed by atoms with Crippen molar-refractivity contribution in [3.8, 4) is 0 Å². The Labute approximate surface area is 183 Å². The van der Waals surface area contributed by atoms with Gasteiger partial charge in [-0.3, -0.25) is 19.4 Å². The van der Waals surface area contributed by atoms with Gasteiger partial charge >= 0.3 is 5.91 Å². The molecular weight excluding hydrogens is 472 g/mol. The molecule has 1 saturated carbocycles. The Bertz CT molecular complexity index is 630. The first kappa shape index (κ1) is 25.4. The predicted molar refractivity (Wildman–Crippen MR) is 114 cm³/mol. The summed E-state index contributed by atoms with van der Waals surface area (Å²) >= 11 is 3.84. The van der Waals surface area contributed by atoms with Gasteiger partial charge in [0.2, 0.25) is 5.91 Å². The predicted octanol–water partition coefficient (Wildman–Crippen LogP) is 2.15. The van der Waals surface area contributed by atoms with E-state index in [1.807, 2.05) is 0 Å². The first-order valence-electron chi connectivity index (χ1n) is 9.16. The Kier molecular flexibility index (Phi) is 9.92. The molecule has 0 spiro atoms. The van der Waals surface area contributed by atoms with E-state index in [4.69, 9.17) is 11.6 Å². The van der Waals surface area contributed by atoms with Gasteiger partial charge in [-0.15, -0.1) is 12.4 Å². The van der Waals surface area contributed by atoms with Crippen molar-refractivity contribution in [2.75, 3.05) is 0 Å². The lowest BCUT2D eigenvalue weighted by atomic mass is 9.86. The molecule has 0 aromatic carbocycles. The molecule has 28 heavy (non-hydrogen) atoms. The van der Waals surface area contributed by atoms with Gasteiger partial charge in [-0.25, -0.2) is 10.7 Å². The number of thioether (sulfide) groups is 1. The van der Waals surface area contributed by atoms with Crippen LogP contribution in [0.4, 0.5) is 0 Å². The highest BCUT2D eigenvalue weighted by Gasteiger charge is 2.51. The van der Waals surface area contributed by atoms with Gasteiger partial charge in [0.25, 0.3) is 11.0 Å². The van der Waals surface area contributed by atoms with Crippen LogP contribution in [0.5, 0.6) is 0 Å². The number of halogens is 2. The Balaban J connectivity index is 0.00000392. The first-order chi connectivity index (χ1) is 12.7. The van der Waals surface area contributed by atoms with Gasteiger partial charge < -0.3 is 10.8 Å². The van der Waals surface area contributed by atoms with Gasteiger partial charge in [0, 0.05) is 12.6 Å². The number of amides is 3. The molecule has 0 aromatic heterocycles. The number of imide groups is 3. The van der Waals surface area contributed by atoms with Crippen LogP contribution in [-0.2, 0) is 14.4 Å². The van der Waals surface area contributed by atoms with Gasteiger partial charge in [-0.05, 0) is 53.4 Å². The topological polar surface area (TPSA) is 130 Å². The second kappa shape index (κ2) is 10.9. The van der Waals surface area contributed by atoms with Gasteiger partial charge in [-0.1, -0.05) is 32.1 Å². The van der Waals surface area contributed by atoms with Crippen LogP contribution in [0, 0.1) is 5.92 Å². The lowest BCUT2D eigenvalue weighted by Gasteiger charge is -2.32. The van der Waals surface area contributed by atoms with E-state index in [0.717, 1.165) is 24.3 Å². The average Bonchev–Trinajstić information content (AvgIpc) is 2.88. The zero-order valence-corrected chi connectivity index (χ0v) is 19.0. The van der Waals surface area contributed by atoms with Crippen molar-refractivity contribution in [1.82, 2.24) is 9.91 Å². The number of aliphatic hydroxyl groups is 1. The highest BCUT2D eigenvalue weighted by molar-refractivity contribution is 9.14. The van der Waals surface area contributed by atoms with Crippen LogP contribution in [0.15, 0.2) is 10.0 Å². The smallest absolute Gasteiger partial charge is 0.302 e. The maximum absolute atomic E-state index is 12.9. The van der Waals surface area contributed by atoms with Crippen LogP contribution in [0.3, 0.4) is 0 Å². The van der Waals surface area contributed by atoms with Crippen molar-refractivity contribution in [3.05, 3.63) is 10.0 Å². The van der Waals surface area contributed by atoms with E-state index >= 15 is 0 Å². The van der Waals surface area contributed by atoms with Crippen molar-refractivity contribution >= 4 is 57.8 Å². The summed E-state index contributed by atoms with van der Waals surface area (Å²) in [6, 6.07) is -1.06. The standard InChI is InChI=1S/C17H27BrN4O4S.ClH/c1-11(19)15(24)22(16(25)17(26)21(20)10-13(18)27-17)14(23)9-5-8-12-6-3-2-4-7-12;/h10-12,26H,2-9,19-20H2,1H3;1H/t11-,17?;/m0./s1. The molecule has 1 heterocycles. The second-order valence-electron chi connectivity index (χ2n) is 7.11. The molecule has 1 unspecified atom stereocenters. The molecule has 0 saturated heterocycles. The minimum Gasteiger partial charge on any atom is -0.354 e. The second-order valence-corrected chi connectivity index (χ2v) is 9.70. The van der Waals surface area contributed by atoms with E-state index in [-0.39, 0.29) is 18.8 Å². The number of carbonyl (C=O) groups is 3. The first-order valence-corrected chi connectivity index (χ1v) is 10.8. The van der Waals surface area contributed by atoms with Crippen molar-refractivity contribution in [2.45, 2.75) is 69.4 Å². The molecular formula is C17H28BrClN4O4S. The fraction of sp³-hybridized carbons (Fsp3) is 0.706. The summed E-state index contributed by atoms with van der Waals surface area (Å²) in [6.07, 6.45) is 8.81. The molecule has 160 valence electrons. The lowest BCUT2D eigenvalue weighted by Crippen LogP contribution is -2.61. The molecule has 1 aliphatic heterocycles. The van der Waals surface area contributed by atoms with Gasteiger partial charge in [0.05, 0.1) is 9.86 Å². The van der Waals surface area contributed by atoms with E-state index in [9.17, 15) is 19.5 Å².